The summed E-state index contributed by atoms with van der Waals surface area (Å²) < 4.78 is 5.01. The van der Waals surface area contributed by atoms with E-state index >= 15 is 0 Å². The third-order valence-electron chi connectivity index (χ3n) is 3.95. The highest BCUT2D eigenvalue weighted by Crippen LogP contribution is 2.27. The van der Waals surface area contributed by atoms with E-state index in [1.807, 2.05) is 0 Å². The number of carbonyl (C=O) groups is 2. The van der Waals surface area contributed by atoms with Gasteiger partial charge >= 0.3 is 5.97 Å². The standard InChI is InChI=1S/C17H22ClNO3/c18-14-7-4-8-15(11-14)19-16(20)12-22-17(21)10-9-13-5-2-1-3-6-13/h4,7-8,11,13H,1-3,5-6,9-10,12H2,(H,19,20). The fourth-order valence-electron chi connectivity index (χ4n) is 2.78. The van der Waals surface area contributed by atoms with Crippen molar-refractivity contribution < 1.29 is 14.3 Å². The van der Waals surface area contributed by atoms with Crippen LogP contribution in [0.4, 0.5) is 5.69 Å². The normalized spacial score (nSPS) is 15.3. The number of ether oxygens (including phenoxy) is 1. The van der Waals surface area contributed by atoms with Crippen LogP contribution >= 0.6 is 11.6 Å². The highest BCUT2D eigenvalue weighted by molar-refractivity contribution is 6.30. The van der Waals surface area contributed by atoms with Crippen molar-refractivity contribution in [2.24, 2.45) is 5.92 Å². The highest BCUT2D eigenvalue weighted by Gasteiger charge is 2.16. The van der Waals surface area contributed by atoms with Gasteiger partial charge in [-0.3, -0.25) is 9.59 Å². The topological polar surface area (TPSA) is 55.4 Å². The molecule has 4 nitrogen and oxygen atoms in total. The molecule has 0 heterocycles. The summed E-state index contributed by atoms with van der Waals surface area (Å²) in [6.45, 7) is -0.254. The Hall–Kier alpha value is -1.55. The van der Waals surface area contributed by atoms with E-state index in [1.165, 1.54) is 32.1 Å². The summed E-state index contributed by atoms with van der Waals surface area (Å²) in [6.07, 6.45) is 7.53. The molecule has 1 aliphatic carbocycles. The molecule has 0 atom stereocenters. The summed E-state index contributed by atoms with van der Waals surface area (Å²) in [5, 5.41) is 3.19. The first kappa shape index (κ1) is 16.8. The predicted octanol–water partition coefficient (Wildman–Crippen LogP) is 4.18. The zero-order valence-electron chi connectivity index (χ0n) is 12.6. The number of hydrogen-bond donors (Lipinski definition) is 1. The lowest BCUT2D eigenvalue weighted by atomic mass is 9.86. The average molecular weight is 324 g/mol. The van der Waals surface area contributed by atoms with Gasteiger partial charge in [-0.2, -0.15) is 0 Å². The van der Waals surface area contributed by atoms with Crippen molar-refractivity contribution in [2.75, 3.05) is 11.9 Å². The quantitative estimate of drug-likeness (QED) is 0.799. The first-order valence-corrected chi connectivity index (χ1v) is 8.22. The Balaban J connectivity index is 1.64. The molecule has 0 aromatic heterocycles. The van der Waals surface area contributed by atoms with E-state index in [2.05, 4.69) is 5.32 Å². The molecule has 1 N–H and O–H groups in total. The van der Waals surface area contributed by atoms with Gasteiger partial charge in [0.1, 0.15) is 0 Å². The lowest BCUT2D eigenvalue weighted by molar-refractivity contribution is -0.147. The van der Waals surface area contributed by atoms with Gasteiger partial charge in [-0.25, -0.2) is 0 Å². The largest absolute Gasteiger partial charge is 0.456 e. The molecule has 2 rings (SSSR count). The van der Waals surface area contributed by atoms with E-state index in [1.54, 1.807) is 24.3 Å². The number of anilines is 1. The smallest absolute Gasteiger partial charge is 0.306 e. The van der Waals surface area contributed by atoms with Crippen LogP contribution in [0.15, 0.2) is 24.3 Å². The maximum Gasteiger partial charge on any atom is 0.306 e. The first-order valence-electron chi connectivity index (χ1n) is 7.84. The average Bonchev–Trinajstić information content (AvgIpc) is 2.52. The first-order chi connectivity index (χ1) is 10.6. The fourth-order valence-corrected chi connectivity index (χ4v) is 2.97. The number of rotatable bonds is 6. The van der Waals surface area contributed by atoms with E-state index in [0.29, 0.717) is 23.0 Å². The van der Waals surface area contributed by atoms with Gasteiger partial charge in [0, 0.05) is 17.1 Å². The summed E-state index contributed by atoms with van der Waals surface area (Å²) >= 11 is 5.83. The molecule has 1 aliphatic rings. The van der Waals surface area contributed by atoms with Crippen LogP contribution in [0.5, 0.6) is 0 Å². The molecule has 1 aromatic rings. The zero-order valence-corrected chi connectivity index (χ0v) is 13.4. The third-order valence-corrected chi connectivity index (χ3v) is 4.19. The number of halogens is 1. The number of benzene rings is 1. The van der Waals surface area contributed by atoms with E-state index in [0.717, 1.165) is 6.42 Å². The maximum atomic E-state index is 11.7. The van der Waals surface area contributed by atoms with Gasteiger partial charge < -0.3 is 10.1 Å². The molecular weight excluding hydrogens is 302 g/mol. The lowest BCUT2D eigenvalue weighted by Crippen LogP contribution is -2.21. The van der Waals surface area contributed by atoms with Crippen molar-refractivity contribution in [3.8, 4) is 0 Å². The van der Waals surface area contributed by atoms with E-state index in [9.17, 15) is 9.59 Å². The van der Waals surface area contributed by atoms with Gasteiger partial charge in [0.25, 0.3) is 5.91 Å². The molecule has 22 heavy (non-hydrogen) atoms. The lowest BCUT2D eigenvalue weighted by Gasteiger charge is -2.20. The molecule has 1 saturated carbocycles. The summed E-state index contributed by atoms with van der Waals surface area (Å²) in [5.74, 6) is -0.0123. The monoisotopic (exact) mass is 323 g/mol. The Morgan fingerprint density at radius 3 is 2.73 bits per heavy atom. The summed E-state index contributed by atoms with van der Waals surface area (Å²) in [4.78, 5) is 23.4. The van der Waals surface area contributed by atoms with Crippen LogP contribution in [0.2, 0.25) is 5.02 Å². The molecule has 120 valence electrons. The van der Waals surface area contributed by atoms with Crippen molar-refractivity contribution in [3.05, 3.63) is 29.3 Å². The van der Waals surface area contributed by atoms with E-state index in [4.69, 9.17) is 16.3 Å². The number of carbonyl (C=O) groups excluding carboxylic acids is 2. The highest BCUT2D eigenvalue weighted by atomic mass is 35.5. The SMILES string of the molecule is O=C(COC(=O)CCC1CCCCC1)Nc1cccc(Cl)c1. The molecule has 5 heteroatoms. The Kier molecular flexibility index (Phi) is 6.72. The Labute approximate surface area is 136 Å². The van der Waals surface area contributed by atoms with Crippen molar-refractivity contribution in [1.29, 1.82) is 0 Å². The molecule has 0 saturated heterocycles. The Morgan fingerprint density at radius 1 is 1.23 bits per heavy atom. The van der Waals surface area contributed by atoms with Crippen molar-refractivity contribution in [3.63, 3.8) is 0 Å². The van der Waals surface area contributed by atoms with Gasteiger partial charge in [0.2, 0.25) is 0 Å². The molecule has 1 amide bonds. The Morgan fingerprint density at radius 2 is 2.00 bits per heavy atom. The van der Waals surface area contributed by atoms with Crippen LogP contribution in [0.25, 0.3) is 0 Å². The maximum absolute atomic E-state index is 11.7. The minimum Gasteiger partial charge on any atom is -0.456 e. The van der Waals surface area contributed by atoms with Gasteiger partial charge in [-0.05, 0) is 30.5 Å². The minimum absolute atomic E-state index is 0.254. The summed E-state index contributed by atoms with van der Waals surface area (Å²) in [7, 11) is 0. The van der Waals surface area contributed by atoms with Gasteiger partial charge in [-0.1, -0.05) is 49.8 Å². The number of hydrogen-bond acceptors (Lipinski definition) is 3. The molecule has 0 bridgehead atoms. The van der Waals surface area contributed by atoms with Gasteiger partial charge in [-0.15, -0.1) is 0 Å². The van der Waals surface area contributed by atoms with Crippen molar-refractivity contribution >= 4 is 29.2 Å². The molecule has 1 fully saturated rings. The van der Waals surface area contributed by atoms with Crippen LogP contribution in [0, 0.1) is 5.92 Å². The van der Waals surface area contributed by atoms with Crippen LogP contribution in [0.3, 0.4) is 0 Å². The molecular formula is C17H22ClNO3. The minimum atomic E-state index is -0.353. The molecule has 0 unspecified atom stereocenters. The van der Waals surface area contributed by atoms with Crippen LogP contribution in [0.1, 0.15) is 44.9 Å². The Bertz CT molecular complexity index is 512. The molecule has 0 aliphatic heterocycles. The van der Waals surface area contributed by atoms with Gasteiger partial charge in [0.15, 0.2) is 6.61 Å². The van der Waals surface area contributed by atoms with E-state index in [-0.39, 0.29) is 18.5 Å². The van der Waals surface area contributed by atoms with Crippen molar-refractivity contribution in [2.45, 2.75) is 44.9 Å². The van der Waals surface area contributed by atoms with Crippen LogP contribution < -0.4 is 5.32 Å². The molecule has 0 radical (unpaired) electrons. The number of amides is 1. The van der Waals surface area contributed by atoms with Crippen LogP contribution in [-0.2, 0) is 14.3 Å². The second-order valence-electron chi connectivity index (χ2n) is 5.76. The van der Waals surface area contributed by atoms with Crippen LogP contribution in [-0.4, -0.2) is 18.5 Å². The molecule has 1 aromatic carbocycles. The zero-order chi connectivity index (χ0) is 15.8. The van der Waals surface area contributed by atoms with E-state index < -0.39 is 0 Å². The third kappa shape index (κ3) is 6.06. The van der Waals surface area contributed by atoms with Crippen molar-refractivity contribution in [1.82, 2.24) is 0 Å². The number of nitrogens with one attached hydrogen (secondary N) is 1. The second kappa shape index (κ2) is 8.79. The molecule has 0 spiro atoms. The fraction of sp³-hybridized carbons (Fsp3) is 0.529. The predicted molar refractivity (Wildman–Crippen MR) is 86.8 cm³/mol. The number of esters is 1. The van der Waals surface area contributed by atoms with Gasteiger partial charge in [0.05, 0.1) is 0 Å². The second-order valence-corrected chi connectivity index (χ2v) is 6.20. The summed E-state index contributed by atoms with van der Waals surface area (Å²) in [6, 6.07) is 6.84. The summed E-state index contributed by atoms with van der Waals surface area (Å²) in [5.41, 5.74) is 0.593.